The molecule has 1 saturated carbocycles. The molecule has 0 bridgehead atoms. The van der Waals surface area contributed by atoms with Gasteiger partial charge in [-0.25, -0.2) is 0 Å². The molecule has 1 atom stereocenters. The lowest BCUT2D eigenvalue weighted by atomic mass is 9.83. The lowest BCUT2D eigenvalue weighted by molar-refractivity contribution is 0.277. The van der Waals surface area contributed by atoms with E-state index in [1.54, 1.807) is 0 Å². The molecule has 21 heavy (non-hydrogen) atoms. The first-order valence-electron chi connectivity index (χ1n) is 8.94. The van der Waals surface area contributed by atoms with Crippen molar-refractivity contribution in [2.75, 3.05) is 24.5 Å². The van der Waals surface area contributed by atoms with Gasteiger partial charge in [-0.1, -0.05) is 38.3 Å². The minimum atomic E-state index is 0.693. The smallest absolute Gasteiger partial charge is 0.0366 e. The molecular formula is C19H30N2. The average molecular weight is 286 g/mol. The monoisotopic (exact) mass is 286 g/mol. The van der Waals surface area contributed by atoms with E-state index >= 15 is 0 Å². The molecule has 1 aliphatic carbocycles. The molecule has 2 aliphatic rings. The Hall–Kier alpha value is -1.02. The Kier molecular flexibility index (Phi) is 5.18. The largest absolute Gasteiger partial charge is 0.370 e. The highest BCUT2D eigenvalue weighted by molar-refractivity contribution is 5.48. The summed E-state index contributed by atoms with van der Waals surface area (Å²) in [5.41, 5.74) is 2.85. The molecule has 1 unspecified atom stereocenters. The van der Waals surface area contributed by atoms with Crippen LogP contribution in [-0.2, 0) is 6.42 Å². The maximum absolute atomic E-state index is 3.83. The van der Waals surface area contributed by atoms with E-state index in [-0.39, 0.29) is 0 Å². The number of hydrogen-bond donors (Lipinski definition) is 1. The van der Waals surface area contributed by atoms with Crippen LogP contribution in [0.25, 0.3) is 0 Å². The molecule has 1 N–H and O–H groups in total. The molecule has 0 amide bonds. The van der Waals surface area contributed by atoms with Gasteiger partial charge in [0.1, 0.15) is 0 Å². The fourth-order valence-corrected chi connectivity index (χ4v) is 3.98. The molecule has 1 aromatic carbocycles. The van der Waals surface area contributed by atoms with E-state index in [0.29, 0.717) is 6.04 Å². The fourth-order valence-electron chi connectivity index (χ4n) is 3.98. The zero-order chi connectivity index (χ0) is 14.5. The van der Waals surface area contributed by atoms with Gasteiger partial charge in [-0.15, -0.1) is 0 Å². The number of aryl methyl sites for hydroxylation is 1. The lowest BCUT2D eigenvalue weighted by Crippen LogP contribution is -2.43. The van der Waals surface area contributed by atoms with E-state index in [2.05, 4.69) is 41.4 Å². The van der Waals surface area contributed by atoms with Crippen LogP contribution in [0.15, 0.2) is 24.3 Å². The van der Waals surface area contributed by atoms with Crippen LogP contribution in [0, 0.1) is 5.92 Å². The van der Waals surface area contributed by atoms with Crippen molar-refractivity contribution in [3.8, 4) is 0 Å². The quantitative estimate of drug-likeness (QED) is 0.903. The van der Waals surface area contributed by atoms with Gasteiger partial charge in [0.25, 0.3) is 0 Å². The molecule has 2 nitrogen and oxygen atoms in total. The van der Waals surface area contributed by atoms with Gasteiger partial charge in [0.15, 0.2) is 0 Å². The van der Waals surface area contributed by atoms with Gasteiger partial charge in [0.05, 0.1) is 0 Å². The first kappa shape index (κ1) is 14.9. The summed E-state index contributed by atoms with van der Waals surface area (Å²) in [5.74, 6) is 0.897. The fraction of sp³-hybridized carbons (Fsp3) is 0.684. The van der Waals surface area contributed by atoms with Crippen LogP contribution in [0.3, 0.4) is 0 Å². The van der Waals surface area contributed by atoms with Crippen LogP contribution >= 0.6 is 0 Å². The number of rotatable bonds is 3. The highest BCUT2D eigenvalue weighted by Crippen LogP contribution is 2.28. The SMILES string of the molecule is CCc1ccc(N2CCCNC(C3CCCCC3)C2)cc1. The Balaban J connectivity index is 1.68. The van der Waals surface area contributed by atoms with Gasteiger partial charge < -0.3 is 10.2 Å². The van der Waals surface area contributed by atoms with Gasteiger partial charge in [0, 0.05) is 24.8 Å². The normalized spacial score (nSPS) is 24.8. The summed E-state index contributed by atoms with van der Waals surface area (Å²) in [6.45, 7) is 5.80. The van der Waals surface area contributed by atoms with Crippen LogP contribution in [0.1, 0.15) is 51.0 Å². The Morgan fingerprint density at radius 2 is 1.81 bits per heavy atom. The van der Waals surface area contributed by atoms with Crippen LogP contribution in [0.4, 0.5) is 5.69 Å². The van der Waals surface area contributed by atoms with Crippen LogP contribution in [0.5, 0.6) is 0 Å². The molecular weight excluding hydrogens is 256 g/mol. The molecule has 0 aromatic heterocycles. The van der Waals surface area contributed by atoms with E-state index in [0.717, 1.165) is 12.3 Å². The molecule has 1 aliphatic heterocycles. The molecule has 2 fully saturated rings. The summed E-state index contributed by atoms with van der Waals surface area (Å²) < 4.78 is 0. The predicted molar refractivity (Wildman–Crippen MR) is 91.0 cm³/mol. The number of nitrogens with zero attached hydrogens (tertiary/aromatic N) is 1. The standard InChI is InChI=1S/C19H30N2/c1-2-16-9-11-18(12-10-16)21-14-6-13-20-19(15-21)17-7-4-3-5-8-17/h9-12,17,19-20H,2-8,13-15H2,1H3. The topological polar surface area (TPSA) is 15.3 Å². The second-order valence-electron chi connectivity index (χ2n) is 6.78. The third kappa shape index (κ3) is 3.79. The van der Waals surface area contributed by atoms with Gasteiger partial charge in [-0.05, 0) is 55.8 Å². The van der Waals surface area contributed by atoms with Crippen molar-refractivity contribution in [3.05, 3.63) is 29.8 Å². The highest BCUT2D eigenvalue weighted by Gasteiger charge is 2.26. The summed E-state index contributed by atoms with van der Waals surface area (Å²) in [7, 11) is 0. The maximum Gasteiger partial charge on any atom is 0.0366 e. The predicted octanol–water partition coefficient (Wildman–Crippen LogP) is 4.00. The number of benzene rings is 1. The van der Waals surface area contributed by atoms with Crippen LogP contribution in [-0.4, -0.2) is 25.7 Å². The third-order valence-corrected chi connectivity index (χ3v) is 5.36. The summed E-state index contributed by atoms with van der Waals surface area (Å²) in [6, 6.07) is 9.93. The minimum absolute atomic E-state index is 0.693. The molecule has 1 saturated heterocycles. The Bertz CT molecular complexity index is 420. The third-order valence-electron chi connectivity index (χ3n) is 5.36. The van der Waals surface area contributed by atoms with Crippen molar-refractivity contribution < 1.29 is 0 Å². The van der Waals surface area contributed by atoms with E-state index < -0.39 is 0 Å². The van der Waals surface area contributed by atoms with Crippen molar-refractivity contribution in [1.82, 2.24) is 5.32 Å². The molecule has 1 heterocycles. The van der Waals surface area contributed by atoms with Gasteiger partial charge >= 0.3 is 0 Å². The highest BCUT2D eigenvalue weighted by atomic mass is 15.2. The van der Waals surface area contributed by atoms with Crippen LogP contribution < -0.4 is 10.2 Å². The Labute approximate surface area is 129 Å². The average Bonchev–Trinajstić information content (AvgIpc) is 2.82. The number of nitrogens with one attached hydrogen (secondary N) is 1. The zero-order valence-electron chi connectivity index (χ0n) is 13.5. The van der Waals surface area contributed by atoms with Gasteiger partial charge in [-0.3, -0.25) is 0 Å². The molecule has 3 rings (SSSR count). The van der Waals surface area contributed by atoms with Crippen molar-refractivity contribution in [2.24, 2.45) is 5.92 Å². The van der Waals surface area contributed by atoms with E-state index in [4.69, 9.17) is 0 Å². The van der Waals surface area contributed by atoms with E-state index in [1.165, 1.54) is 69.4 Å². The Morgan fingerprint density at radius 3 is 2.52 bits per heavy atom. The van der Waals surface area contributed by atoms with Gasteiger partial charge in [-0.2, -0.15) is 0 Å². The van der Waals surface area contributed by atoms with E-state index in [9.17, 15) is 0 Å². The van der Waals surface area contributed by atoms with Crippen molar-refractivity contribution in [2.45, 2.75) is 57.9 Å². The Morgan fingerprint density at radius 1 is 1.05 bits per heavy atom. The zero-order valence-corrected chi connectivity index (χ0v) is 13.5. The van der Waals surface area contributed by atoms with Gasteiger partial charge in [0.2, 0.25) is 0 Å². The van der Waals surface area contributed by atoms with Crippen molar-refractivity contribution in [1.29, 1.82) is 0 Å². The number of hydrogen-bond acceptors (Lipinski definition) is 2. The summed E-state index contributed by atoms with van der Waals surface area (Å²) in [5, 5.41) is 3.83. The summed E-state index contributed by atoms with van der Waals surface area (Å²) in [4.78, 5) is 2.61. The van der Waals surface area contributed by atoms with E-state index in [1.807, 2.05) is 0 Å². The first-order valence-corrected chi connectivity index (χ1v) is 8.94. The van der Waals surface area contributed by atoms with Crippen LogP contribution in [0.2, 0.25) is 0 Å². The molecule has 1 aromatic rings. The second kappa shape index (κ2) is 7.31. The molecule has 116 valence electrons. The second-order valence-corrected chi connectivity index (χ2v) is 6.78. The summed E-state index contributed by atoms with van der Waals surface area (Å²) >= 11 is 0. The molecule has 2 heteroatoms. The minimum Gasteiger partial charge on any atom is -0.370 e. The first-order chi connectivity index (χ1) is 10.4. The van der Waals surface area contributed by atoms with Crippen molar-refractivity contribution in [3.63, 3.8) is 0 Å². The van der Waals surface area contributed by atoms with Crippen molar-refractivity contribution >= 4 is 5.69 Å². The summed E-state index contributed by atoms with van der Waals surface area (Å²) in [6.07, 6.45) is 9.58. The lowest BCUT2D eigenvalue weighted by Gasteiger charge is -2.33. The number of anilines is 1. The maximum atomic E-state index is 3.83. The molecule has 0 spiro atoms. The molecule has 0 radical (unpaired) electrons.